The minimum Gasteiger partial charge on any atom is -0.465 e. The molecule has 1 fully saturated rings. The van der Waals surface area contributed by atoms with Gasteiger partial charge in [0, 0.05) is 13.1 Å². The summed E-state index contributed by atoms with van der Waals surface area (Å²) in [5, 5.41) is 10.8. The van der Waals surface area contributed by atoms with Gasteiger partial charge in [0.2, 0.25) is 0 Å². The molecule has 1 atom stereocenters. The molecule has 0 aromatic heterocycles. The zero-order valence-electron chi connectivity index (χ0n) is 24.3. The van der Waals surface area contributed by atoms with Crippen molar-refractivity contribution in [3.05, 3.63) is 112 Å². The van der Waals surface area contributed by atoms with Gasteiger partial charge >= 0.3 is 5.97 Å². The minimum absolute atomic E-state index is 0.226. The highest BCUT2D eigenvalue weighted by Gasteiger charge is 2.31. The van der Waals surface area contributed by atoms with Gasteiger partial charge in [-0.25, -0.2) is 0 Å². The monoisotopic (exact) mass is 537 g/mol. The number of benzene rings is 3. The van der Waals surface area contributed by atoms with E-state index >= 15 is 0 Å². The number of carbonyl (C=O) groups is 1. The van der Waals surface area contributed by atoms with Crippen LogP contribution < -0.4 is 0 Å². The molecule has 0 radical (unpaired) electrons. The van der Waals surface area contributed by atoms with Crippen LogP contribution in [0.15, 0.2) is 78.4 Å². The summed E-state index contributed by atoms with van der Waals surface area (Å²) in [5.74, 6) is -0.226. The van der Waals surface area contributed by atoms with E-state index in [2.05, 4.69) is 53.4 Å². The van der Waals surface area contributed by atoms with Crippen LogP contribution in [-0.2, 0) is 27.8 Å². The van der Waals surface area contributed by atoms with Crippen molar-refractivity contribution in [2.45, 2.75) is 70.8 Å². The van der Waals surface area contributed by atoms with Crippen LogP contribution in [-0.4, -0.2) is 42.2 Å². The molecule has 0 spiro atoms. The van der Waals surface area contributed by atoms with Crippen molar-refractivity contribution in [2.24, 2.45) is 0 Å². The third-order valence-electron chi connectivity index (χ3n) is 8.81. The van der Waals surface area contributed by atoms with E-state index in [1.807, 2.05) is 45.0 Å². The van der Waals surface area contributed by atoms with Gasteiger partial charge in [0.25, 0.3) is 0 Å². The van der Waals surface area contributed by atoms with Gasteiger partial charge in [-0.3, -0.25) is 4.79 Å². The van der Waals surface area contributed by atoms with E-state index in [0.29, 0.717) is 6.61 Å². The summed E-state index contributed by atoms with van der Waals surface area (Å²) in [5.41, 5.74) is 9.95. The first-order valence-electron chi connectivity index (χ1n) is 14.9. The number of esters is 1. The average molecular weight is 538 g/mol. The number of carbonyl (C=O) groups excluding carboxylic acids is 1. The second kappa shape index (κ2) is 12.5. The number of rotatable bonds is 8. The van der Waals surface area contributed by atoms with Gasteiger partial charge in [-0.1, -0.05) is 78.4 Å². The molecule has 4 nitrogen and oxygen atoms in total. The average Bonchev–Trinajstić information content (AvgIpc) is 3.15. The van der Waals surface area contributed by atoms with Crippen LogP contribution in [0.2, 0.25) is 0 Å². The van der Waals surface area contributed by atoms with Gasteiger partial charge in [0.05, 0.1) is 18.1 Å². The highest BCUT2D eigenvalue weighted by atomic mass is 16.5. The molecule has 3 aromatic rings. The van der Waals surface area contributed by atoms with Crippen molar-refractivity contribution in [3.63, 3.8) is 0 Å². The first kappa shape index (κ1) is 28.3. The van der Waals surface area contributed by atoms with Gasteiger partial charge < -0.3 is 14.7 Å². The molecule has 1 N–H and O–H groups in total. The summed E-state index contributed by atoms with van der Waals surface area (Å²) in [7, 11) is 0. The maximum Gasteiger partial charge on any atom is 0.315 e. The van der Waals surface area contributed by atoms with Crippen LogP contribution in [0.1, 0.15) is 85.9 Å². The molecule has 210 valence electrons. The number of nitrogens with zero attached hydrogens (tertiary/aromatic N) is 1. The third-order valence-corrected chi connectivity index (χ3v) is 8.81. The molecular weight excluding hydrogens is 494 g/mol. The number of hydrogen-bond donors (Lipinski definition) is 1. The summed E-state index contributed by atoms with van der Waals surface area (Å²) in [6, 6.07) is 25.7. The number of fused-ring (bicyclic) bond motifs is 2. The first-order chi connectivity index (χ1) is 19.4. The first-order valence-corrected chi connectivity index (χ1v) is 14.9. The molecule has 1 unspecified atom stereocenters. The van der Waals surface area contributed by atoms with E-state index in [4.69, 9.17) is 4.74 Å². The van der Waals surface area contributed by atoms with E-state index in [1.165, 1.54) is 27.8 Å². The Morgan fingerprint density at radius 2 is 1.45 bits per heavy atom. The second-order valence-corrected chi connectivity index (χ2v) is 11.8. The van der Waals surface area contributed by atoms with Gasteiger partial charge in [-0.15, -0.1) is 0 Å². The molecule has 4 heteroatoms. The van der Waals surface area contributed by atoms with Gasteiger partial charge in [0.1, 0.15) is 0 Å². The predicted molar refractivity (Wildman–Crippen MR) is 162 cm³/mol. The molecular formula is C36H43NO3. The van der Waals surface area contributed by atoms with Gasteiger partial charge in [-0.2, -0.15) is 0 Å². The molecule has 1 saturated heterocycles. The standard InChI is InChI=1S/C36H43NO3/c1-4-40-35(39)36(2,3)30-19-17-28(18-20-30)33(38)14-9-23-37-24-21-29(22-25-37)34-31-12-7-5-10-26(31)15-16-27-11-6-8-13-32(27)34/h5-8,10-13,17-20,33,38H,4,9,14-16,21-25H2,1-3H3. The highest BCUT2D eigenvalue weighted by molar-refractivity contribution is 5.86. The molecule has 5 rings (SSSR count). The van der Waals surface area contributed by atoms with Gasteiger partial charge in [-0.05, 0) is 105 Å². The van der Waals surface area contributed by atoms with Crippen molar-refractivity contribution >= 4 is 11.5 Å². The Morgan fingerprint density at radius 1 is 0.875 bits per heavy atom. The van der Waals surface area contributed by atoms with Crippen LogP contribution in [0.25, 0.3) is 5.57 Å². The van der Waals surface area contributed by atoms with E-state index in [1.54, 1.807) is 5.57 Å². The second-order valence-electron chi connectivity index (χ2n) is 11.8. The molecule has 1 aliphatic carbocycles. The zero-order chi connectivity index (χ0) is 28.1. The topological polar surface area (TPSA) is 49.8 Å². The Hall–Kier alpha value is -3.21. The predicted octanol–water partition coefficient (Wildman–Crippen LogP) is 7.04. The van der Waals surface area contributed by atoms with Crippen LogP contribution >= 0.6 is 0 Å². The molecule has 0 bridgehead atoms. The van der Waals surface area contributed by atoms with E-state index in [-0.39, 0.29) is 5.97 Å². The van der Waals surface area contributed by atoms with E-state index < -0.39 is 11.5 Å². The normalized spacial score (nSPS) is 16.6. The largest absolute Gasteiger partial charge is 0.465 e. The Kier molecular flexibility index (Phi) is 8.87. The quantitative estimate of drug-likeness (QED) is 0.313. The number of aryl methyl sites for hydroxylation is 2. The number of piperidine rings is 1. The fraction of sp³-hybridized carbons (Fsp3) is 0.417. The van der Waals surface area contributed by atoms with Crippen LogP contribution in [0.4, 0.5) is 0 Å². The Bertz CT molecular complexity index is 1290. The SMILES string of the molecule is CCOC(=O)C(C)(C)c1ccc(C(O)CCCN2CCC(=C3c4ccccc4CCc4ccccc43)CC2)cc1. The van der Waals surface area contributed by atoms with Crippen LogP contribution in [0, 0.1) is 0 Å². The number of aliphatic hydroxyl groups is 1. The molecule has 40 heavy (non-hydrogen) atoms. The number of aliphatic hydroxyl groups excluding tert-OH is 1. The van der Waals surface area contributed by atoms with E-state index in [9.17, 15) is 9.90 Å². The third kappa shape index (κ3) is 6.09. The zero-order valence-corrected chi connectivity index (χ0v) is 24.3. The molecule has 3 aromatic carbocycles. The lowest BCUT2D eigenvalue weighted by Gasteiger charge is -2.30. The molecule has 0 saturated carbocycles. The summed E-state index contributed by atoms with van der Waals surface area (Å²) in [4.78, 5) is 14.9. The fourth-order valence-electron chi connectivity index (χ4n) is 6.28. The number of hydrogen-bond acceptors (Lipinski definition) is 4. The van der Waals surface area contributed by atoms with Crippen LogP contribution in [0.5, 0.6) is 0 Å². The van der Waals surface area contributed by atoms with Gasteiger partial charge in [0.15, 0.2) is 0 Å². The lowest BCUT2D eigenvalue weighted by molar-refractivity contribution is -0.148. The van der Waals surface area contributed by atoms with Crippen molar-refractivity contribution in [2.75, 3.05) is 26.2 Å². The molecule has 1 aliphatic heterocycles. The molecule has 1 heterocycles. The lowest BCUT2D eigenvalue weighted by atomic mass is 9.84. The Morgan fingerprint density at radius 3 is 2.02 bits per heavy atom. The minimum atomic E-state index is -0.706. The maximum absolute atomic E-state index is 12.3. The number of ether oxygens (including phenoxy) is 1. The van der Waals surface area contributed by atoms with Crippen molar-refractivity contribution in [1.29, 1.82) is 0 Å². The highest BCUT2D eigenvalue weighted by Crippen LogP contribution is 2.38. The summed E-state index contributed by atoms with van der Waals surface area (Å²) in [6.45, 7) is 9.09. The fourth-order valence-corrected chi connectivity index (χ4v) is 6.28. The summed E-state index contributed by atoms with van der Waals surface area (Å²) < 4.78 is 5.23. The van der Waals surface area contributed by atoms with Crippen LogP contribution in [0.3, 0.4) is 0 Å². The lowest BCUT2D eigenvalue weighted by Crippen LogP contribution is -2.32. The number of likely N-dealkylation sites (tertiary alicyclic amines) is 1. The van der Waals surface area contributed by atoms with Crippen molar-refractivity contribution in [3.8, 4) is 0 Å². The Balaban J connectivity index is 1.18. The van der Waals surface area contributed by atoms with Crippen molar-refractivity contribution < 1.29 is 14.6 Å². The van der Waals surface area contributed by atoms with Crippen molar-refractivity contribution in [1.82, 2.24) is 4.90 Å². The van der Waals surface area contributed by atoms with E-state index in [0.717, 1.165) is 69.3 Å². The summed E-state index contributed by atoms with van der Waals surface area (Å²) >= 11 is 0. The summed E-state index contributed by atoms with van der Waals surface area (Å²) in [6.07, 6.45) is 5.58. The Labute approximate surface area is 239 Å². The molecule has 2 aliphatic rings. The molecule has 0 amide bonds. The smallest absolute Gasteiger partial charge is 0.315 e. The maximum atomic E-state index is 12.3.